The molecular weight excluding hydrogens is 378 g/mol. The van der Waals surface area contributed by atoms with Crippen molar-refractivity contribution in [1.29, 1.82) is 0 Å². The number of carbonyl (C=O) groups excluding carboxylic acids is 1. The highest BCUT2D eigenvalue weighted by atomic mass is 32.2. The molecule has 2 heterocycles. The summed E-state index contributed by atoms with van der Waals surface area (Å²) in [5.74, 6) is 0.660. The minimum atomic E-state index is -1.16. The van der Waals surface area contributed by atoms with Crippen LogP contribution in [0.2, 0.25) is 0 Å². The molecule has 0 amide bonds. The number of fused-ring (bicyclic) bond motifs is 1. The summed E-state index contributed by atoms with van der Waals surface area (Å²) in [6.45, 7) is 0.567. The first-order valence-corrected chi connectivity index (χ1v) is 9.57. The second-order valence-electron chi connectivity index (χ2n) is 5.99. The predicted octanol–water partition coefficient (Wildman–Crippen LogP) is 2.49. The third-order valence-corrected chi connectivity index (χ3v) is 5.05. The summed E-state index contributed by atoms with van der Waals surface area (Å²) in [6.07, 6.45) is 1.58. The van der Waals surface area contributed by atoms with Crippen LogP contribution in [0.4, 0.5) is 0 Å². The Kier molecular flexibility index (Phi) is 5.29. The van der Waals surface area contributed by atoms with Gasteiger partial charge in [0, 0.05) is 11.1 Å². The number of aliphatic carboxylic acids is 1. The Bertz CT molecular complexity index is 1090. The van der Waals surface area contributed by atoms with Gasteiger partial charge in [0.2, 0.25) is 0 Å². The Morgan fingerprint density at radius 2 is 1.96 bits per heavy atom. The van der Waals surface area contributed by atoms with E-state index >= 15 is 0 Å². The van der Waals surface area contributed by atoms with Crippen LogP contribution in [0.15, 0.2) is 70.4 Å². The summed E-state index contributed by atoms with van der Waals surface area (Å²) in [4.78, 5) is 10.8. The number of hydrogen-bond acceptors (Lipinski definition) is 7. The van der Waals surface area contributed by atoms with E-state index in [1.165, 1.54) is 0 Å². The van der Waals surface area contributed by atoms with Gasteiger partial charge in [0.1, 0.15) is 18.1 Å². The maximum atomic E-state index is 10.8. The van der Waals surface area contributed by atoms with E-state index in [1.54, 1.807) is 16.9 Å². The van der Waals surface area contributed by atoms with E-state index in [9.17, 15) is 9.90 Å². The molecular formula is C20H16N3O4S-. The topological polar surface area (TPSA) is 93.2 Å². The van der Waals surface area contributed by atoms with Gasteiger partial charge in [0.25, 0.3) is 0 Å². The molecule has 0 saturated carbocycles. The van der Waals surface area contributed by atoms with E-state index in [0.29, 0.717) is 23.3 Å². The van der Waals surface area contributed by atoms with Gasteiger partial charge in [-0.2, -0.15) is 0 Å². The first-order valence-electron chi connectivity index (χ1n) is 8.58. The minimum absolute atomic E-state index is 0.188. The highest BCUT2D eigenvalue weighted by molar-refractivity contribution is 7.99. The quantitative estimate of drug-likeness (QED) is 0.424. The second-order valence-corrected chi connectivity index (χ2v) is 6.93. The van der Waals surface area contributed by atoms with Crippen molar-refractivity contribution in [2.45, 2.75) is 18.3 Å². The second kappa shape index (κ2) is 8.18. The first-order chi connectivity index (χ1) is 13.7. The molecule has 142 valence electrons. The number of aromatic nitrogens is 3. The van der Waals surface area contributed by atoms with Crippen molar-refractivity contribution in [2.75, 3.05) is 5.75 Å². The largest absolute Gasteiger partial charge is 0.549 e. The fourth-order valence-electron chi connectivity index (χ4n) is 2.84. The third-order valence-electron chi connectivity index (χ3n) is 4.11. The Hall–Kier alpha value is -3.26. The molecule has 2 aromatic carbocycles. The van der Waals surface area contributed by atoms with Gasteiger partial charge in [-0.15, -0.1) is 10.2 Å². The lowest BCUT2D eigenvalue weighted by molar-refractivity contribution is -0.301. The lowest BCUT2D eigenvalue weighted by Gasteiger charge is -2.11. The maximum absolute atomic E-state index is 10.8. The van der Waals surface area contributed by atoms with Gasteiger partial charge in [0.05, 0.1) is 18.8 Å². The molecule has 4 rings (SSSR count). The molecule has 0 saturated heterocycles. The van der Waals surface area contributed by atoms with Crippen molar-refractivity contribution in [3.8, 4) is 5.75 Å². The van der Waals surface area contributed by atoms with Gasteiger partial charge in [-0.1, -0.05) is 48.2 Å². The smallest absolute Gasteiger partial charge is 0.192 e. The monoisotopic (exact) mass is 394 g/mol. The minimum Gasteiger partial charge on any atom is -0.549 e. The normalized spacial score (nSPS) is 11.0. The molecule has 0 bridgehead atoms. The van der Waals surface area contributed by atoms with Crippen molar-refractivity contribution in [1.82, 2.24) is 14.8 Å². The van der Waals surface area contributed by atoms with Gasteiger partial charge in [-0.3, -0.25) is 4.57 Å². The SMILES string of the molecule is O=C([O-])CSc1nnc(COc2cccc3ccccc23)n1Cc1ccco1. The molecule has 7 nitrogen and oxygen atoms in total. The number of carboxylic acids is 1. The van der Waals surface area contributed by atoms with Crippen molar-refractivity contribution in [3.05, 3.63) is 72.4 Å². The zero-order valence-electron chi connectivity index (χ0n) is 14.8. The number of ether oxygens (including phenoxy) is 1. The van der Waals surface area contributed by atoms with E-state index in [1.807, 2.05) is 48.5 Å². The van der Waals surface area contributed by atoms with Crippen molar-refractivity contribution in [3.63, 3.8) is 0 Å². The molecule has 0 unspecified atom stereocenters. The van der Waals surface area contributed by atoms with Crippen molar-refractivity contribution < 1.29 is 19.1 Å². The van der Waals surface area contributed by atoms with Gasteiger partial charge >= 0.3 is 0 Å². The molecule has 0 fully saturated rings. The van der Waals surface area contributed by atoms with Crippen LogP contribution < -0.4 is 9.84 Å². The molecule has 0 aliphatic heterocycles. The molecule has 0 N–H and O–H groups in total. The highest BCUT2D eigenvalue weighted by Crippen LogP contribution is 2.26. The van der Waals surface area contributed by atoms with Crippen LogP contribution in [0.25, 0.3) is 10.8 Å². The lowest BCUT2D eigenvalue weighted by Crippen LogP contribution is -2.24. The summed E-state index contributed by atoms with van der Waals surface area (Å²) in [5, 5.41) is 21.7. The van der Waals surface area contributed by atoms with Crippen LogP contribution in [-0.2, 0) is 17.9 Å². The zero-order chi connectivity index (χ0) is 19.3. The van der Waals surface area contributed by atoms with Crippen molar-refractivity contribution >= 4 is 28.5 Å². The van der Waals surface area contributed by atoms with E-state index in [2.05, 4.69) is 10.2 Å². The summed E-state index contributed by atoms with van der Waals surface area (Å²) < 4.78 is 13.2. The Morgan fingerprint density at radius 3 is 2.79 bits per heavy atom. The molecule has 0 radical (unpaired) electrons. The Morgan fingerprint density at radius 1 is 1.11 bits per heavy atom. The fraction of sp³-hybridized carbons (Fsp3) is 0.150. The molecule has 0 aliphatic carbocycles. The Balaban J connectivity index is 1.58. The summed E-state index contributed by atoms with van der Waals surface area (Å²) in [6, 6.07) is 17.5. The van der Waals surface area contributed by atoms with Crippen LogP contribution in [0.5, 0.6) is 5.75 Å². The average molecular weight is 394 g/mol. The standard InChI is InChI=1S/C20H17N3O4S/c24-19(25)13-28-20-22-21-18(23(20)11-15-7-4-10-26-15)12-27-17-9-3-6-14-5-1-2-8-16(14)17/h1-10H,11-13H2,(H,24,25)/p-1. The summed E-state index contributed by atoms with van der Waals surface area (Å²) in [7, 11) is 0. The molecule has 2 aromatic heterocycles. The number of nitrogens with zero attached hydrogens (tertiary/aromatic N) is 3. The molecule has 8 heteroatoms. The molecule has 4 aromatic rings. The number of furan rings is 1. The van der Waals surface area contributed by atoms with Crippen LogP contribution in [0.1, 0.15) is 11.6 Å². The average Bonchev–Trinajstić information content (AvgIpc) is 3.35. The van der Waals surface area contributed by atoms with E-state index < -0.39 is 5.97 Å². The van der Waals surface area contributed by atoms with E-state index in [-0.39, 0.29) is 12.4 Å². The van der Waals surface area contributed by atoms with Crippen LogP contribution in [0, 0.1) is 0 Å². The Labute approximate surface area is 165 Å². The molecule has 28 heavy (non-hydrogen) atoms. The highest BCUT2D eigenvalue weighted by Gasteiger charge is 2.15. The number of hydrogen-bond donors (Lipinski definition) is 0. The summed E-state index contributed by atoms with van der Waals surface area (Å²) in [5.41, 5.74) is 0. The van der Waals surface area contributed by atoms with Crippen molar-refractivity contribution in [2.24, 2.45) is 0 Å². The van der Waals surface area contributed by atoms with Crippen LogP contribution in [0.3, 0.4) is 0 Å². The fourth-order valence-corrected chi connectivity index (χ4v) is 3.51. The first kappa shape index (κ1) is 18.1. The van der Waals surface area contributed by atoms with E-state index in [0.717, 1.165) is 28.3 Å². The van der Waals surface area contributed by atoms with Gasteiger partial charge in [-0.25, -0.2) is 0 Å². The number of thioether (sulfide) groups is 1. The number of benzene rings is 2. The van der Waals surface area contributed by atoms with Crippen LogP contribution in [-0.4, -0.2) is 26.5 Å². The molecule has 0 atom stereocenters. The third kappa shape index (κ3) is 4.01. The van der Waals surface area contributed by atoms with Crippen LogP contribution >= 0.6 is 11.8 Å². The predicted molar refractivity (Wildman–Crippen MR) is 102 cm³/mol. The van der Waals surface area contributed by atoms with Gasteiger partial charge < -0.3 is 19.1 Å². The number of carboxylic acid groups (broad SMARTS) is 1. The molecule has 0 aliphatic rings. The number of rotatable bonds is 8. The number of carbonyl (C=O) groups is 1. The van der Waals surface area contributed by atoms with Gasteiger partial charge in [-0.05, 0) is 23.6 Å². The lowest BCUT2D eigenvalue weighted by atomic mass is 10.1. The molecule has 0 spiro atoms. The zero-order valence-corrected chi connectivity index (χ0v) is 15.6. The maximum Gasteiger partial charge on any atom is 0.192 e. The van der Waals surface area contributed by atoms with E-state index in [4.69, 9.17) is 9.15 Å². The van der Waals surface area contributed by atoms with Gasteiger partial charge in [0.15, 0.2) is 11.0 Å². The summed E-state index contributed by atoms with van der Waals surface area (Å²) >= 11 is 1.05.